The van der Waals surface area contributed by atoms with E-state index in [2.05, 4.69) is 0 Å². The molecule has 0 spiro atoms. The van der Waals surface area contributed by atoms with Gasteiger partial charge in [-0.25, -0.2) is 4.79 Å². The molecule has 52 heavy (non-hydrogen) atoms. The molecule has 304 valence electrons. The van der Waals surface area contributed by atoms with Crippen LogP contribution in [0.15, 0.2) is 0 Å². The highest BCUT2D eigenvalue weighted by Gasteiger charge is 2.60. The van der Waals surface area contributed by atoms with E-state index in [0.29, 0.717) is 0 Å². The molecule has 23 nitrogen and oxygen atoms in total. The molecule has 0 aromatic carbocycles. The van der Waals surface area contributed by atoms with E-state index in [0.717, 1.165) is 0 Å². The summed E-state index contributed by atoms with van der Waals surface area (Å²) >= 11 is 0. The zero-order valence-corrected chi connectivity index (χ0v) is 28.3. The van der Waals surface area contributed by atoms with E-state index in [9.17, 15) is 66.1 Å². The molecule has 21 atom stereocenters. The van der Waals surface area contributed by atoms with Crippen molar-refractivity contribution in [2.75, 3.05) is 26.4 Å². The Balaban J connectivity index is 1.66. The predicted molar refractivity (Wildman–Crippen MR) is 163 cm³/mol. The third-order valence-electron chi connectivity index (χ3n) is 9.61. The Morgan fingerprint density at radius 2 is 1.38 bits per heavy atom. The number of rotatable bonds is 14. The quantitative estimate of drug-likeness (QED) is 0.0780. The van der Waals surface area contributed by atoms with E-state index in [1.165, 1.54) is 6.92 Å². The zero-order chi connectivity index (χ0) is 38.8. The molecule has 4 rings (SSSR count). The van der Waals surface area contributed by atoms with Crippen LogP contribution in [0.5, 0.6) is 0 Å². The summed E-state index contributed by atoms with van der Waals surface area (Å²) in [5.74, 6) is -4.92. The lowest BCUT2D eigenvalue weighted by molar-refractivity contribution is -0.389. The minimum Gasteiger partial charge on any atom is -0.477 e. The van der Waals surface area contributed by atoms with E-state index in [-0.39, 0.29) is 6.61 Å². The lowest BCUT2D eigenvalue weighted by Gasteiger charge is -2.51. The minimum absolute atomic E-state index is 0.0514. The Labute approximate surface area is 296 Å². The maximum absolute atomic E-state index is 12.7. The monoisotopic (exact) mass is 764 g/mol. The Hall–Kier alpha value is -1.37. The Morgan fingerprint density at radius 3 is 1.96 bits per heavy atom. The van der Waals surface area contributed by atoms with Crippen LogP contribution in [0.4, 0.5) is 0 Å². The van der Waals surface area contributed by atoms with Gasteiger partial charge in [-0.2, -0.15) is 0 Å². The van der Waals surface area contributed by atoms with E-state index in [4.69, 9.17) is 49.4 Å². The van der Waals surface area contributed by atoms with E-state index >= 15 is 0 Å². The van der Waals surface area contributed by atoms with Crippen molar-refractivity contribution in [3.05, 3.63) is 0 Å². The van der Waals surface area contributed by atoms with Crippen molar-refractivity contribution in [2.24, 2.45) is 11.5 Å². The Kier molecular flexibility index (Phi) is 15.1. The van der Waals surface area contributed by atoms with E-state index < -0.39 is 161 Å². The normalized spacial score (nSPS) is 48.6. The first kappa shape index (κ1) is 43.4. The molecule has 0 aliphatic carbocycles. The minimum atomic E-state index is -2.98. The summed E-state index contributed by atoms with van der Waals surface area (Å²) in [5.41, 5.74) is 12.4. The number of carbonyl (C=O) groups is 1. The largest absolute Gasteiger partial charge is 0.477 e. The summed E-state index contributed by atoms with van der Waals surface area (Å²) in [6, 6.07) is -2.86. The van der Waals surface area contributed by atoms with Gasteiger partial charge in [0, 0.05) is 13.0 Å². The van der Waals surface area contributed by atoms with Gasteiger partial charge in [-0.1, -0.05) is 0 Å². The molecule has 8 unspecified atom stereocenters. The van der Waals surface area contributed by atoms with Crippen LogP contribution < -0.4 is 11.5 Å². The summed E-state index contributed by atoms with van der Waals surface area (Å²) < 4.78 is 45.6. The molecule has 0 bridgehead atoms. The van der Waals surface area contributed by atoms with Gasteiger partial charge in [0.2, 0.25) is 0 Å². The SMILES string of the molecule is CCOC1O[C@@H](CO)C(O[C@@H]2OC(C)[C@@H](O)C(O)[C@@H]2O)[C@H](O[C@@H]2OC(CO)[C@H](O)C(O[C@]3(C(=O)O)C[C@@H](O)[C@@H](N)C([C@H](O)[C@H](O)CO)O3)[C@@H]2O)C1N. The number of carboxylic acid groups (broad SMARTS) is 1. The van der Waals surface area contributed by atoms with Gasteiger partial charge in [0.05, 0.1) is 44.1 Å². The van der Waals surface area contributed by atoms with E-state index in [1.54, 1.807) is 6.92 Å². The predicted octanol–water partition coefficient (Wildman–Crippen LogP) is -8.54. The Bertz CT molecular complexity index is 1150. The first-order valence-corrected chi connectivity index (χ1v) is 16.7. The maximum Gasteiger partial charge on any atom is 0.364 e. The molecule has 23 heteroatoms. The second-order valence-electron chi connectivity index (χ2n) is 13.2. The summed E-state index contributed by atoms with van der Waals surface area (Å²) in [6.07, 6.45) is -32.0. The molecular formula is C29H52N2O21. The lowest BCUT2D eigenvalue weighted by Crippen LogP contribution is -2.71. The van der Waals surface area contributed by atoms with Crippen LogP contribution in [-0.2, 0) is 42.7 Å². The fraction of sp³-hybridized carbons (Fsp3) is 0.966. The number of hydrogen-bond acceptors (Lipinski definition) is 22. The average molecular weight is 765 g/mol. The number of carboxylic acids is 1. The van der Waals surface area contributed by atoms with Crippen molar-refractivity contribution in [3.8, 4) is 0 Å². The van der Waals surface area contributed by atoms with Crippen LogP contribution >= 0.6 is 0 Å². The molecule has 4 heterocycles. The van der Waals surface area contributed by atoms with Crippen LogP contribution in [0.1, 0.15) is 20.3 Å². The van der Waals surface area contributed by atoms with Gasteiger partial charge in [-0.3, -0.25) is 0 Å². The third kappa shape index (κ3) is 8.70. The molecule has 0 saturated carbocycles. The van der Waals surface area contributed by atoms with Crippen molar-refractivity contribution < 1.29 is 104 Å². The molecule has 16 N–H and O–H groups in total. The highest BCUT2D eigenvalue weighted by Crippen LogP contribution is 2.38. The van der Waals surface area contributed by atoms with Crippen molar-refractivity contribution in [2.45, 2.75) is 149 Å². The van der Waals surface area contributed by atoms with Gasteiger partial charge in [-0.05, 0) is 13.8 Å². The highest BCUT2D eigenvalue weighted by atomic mass is 16.8. The van der Waals surface area contributed by atoms with Gasteiger partial charge < -0.3 is 111 Å². The maximum atomic E-state index is 12.7. The fourth-order valence-electron chi connectivity index (χ4n) is 6.55. The lowest BCUT2D eigenvalue weighted by atomic mass is 9.88. The standard InChI is InChI=1S/C29H52N2O21/c1-3-45-25-14(31)23(21(12(7-34)48-25)49-26-19(41)18(40)15(37)8(2)46-26)50-27-20(42)24(17(39)11(6-33)47-27)52-29(28(43)44)4-9(35)13(30)22(51-29)16(38)10(36)5-32/h8-27,32-42H,3-7,30-31H2,1-2H3,(H,43,44)/t8?,9-,10-,11?,12+,13-,14?,15-,16-,17+,18?,19+,20+,21?,22?,23-,24?,25?,26+,27+,29+/m1/s1. The smallest absolute Gasteiger partial charge is 0.364 e. The van der Waals surface area contributed by atoms with Crippen molar-refractivity contribution in [1.82, 2.24) is 0 Å². The summed E-state index contributed by atoms with van der Waals surface area (Å²) in [7, 11) is 0. The van der Waals surface area contributed by atoms with Gasteiger partial charge in [-0.15, -0.1) is 0 Å². The second kappa shape index (κ2) is 18.1. The third-order valence-corrected chi connectivity index (χ3v) is 9.61. The summed E-state index contributed by atoms with van der Waals surface area (Å²) in [5, 5.41) is 125. The number of aliphatic carboxylic acids is 1. The fourth-order valence-corrected chi connectivity index (χ4v) is 6.55. The van der Waals surface area contributed by atoms with Crippen molar-refractivity contribution >= 4 is 5.97 Å². The average Bonchev–Trinajstić information content (AvgIpc) is 3.12. The molecule has 4 aliphatic rings. The van der Waals surface area contributed by atoms with Crippen molar-refractivity contribution in [1.29, 1.82) is 0 Å². The molecule has 4 fully saturated rings. The number of ether oxygens (including phenoxy) is 8. The van der Waals surface area contributed by atoms with Gasteiger partial charge in [0.25, 0.3) is 5.79 Å². The van der Waals surface area contributed by atoms with Crippen molar-refractivity contribution in [3.63, 3.8) is 0 Å². The number of aliphatic hydroxyl groups excluding tert-OH is 11. The molecule has 0 amide bonds. The van der Waals surface area contributed by atoms with Crippen LogP contribution in [0.2, 0.25) is 0 Å². The summed E-state index contributed by atoms with van der Waals surface area (Å²) in [4.78, 5) is 12.7. The molecule has 4 saturated heterocycles. The van der Waals surface area contributed by atoms with Crippen LogP contribution in [0.3, 0.4) is 0 Å². The first-order chi connectivity index (χ1) is 24.5. The number of aliphatic hydroxyl groups is 11. The van der Waals surface area contributed by atoms with Gasteiger partial charge in [0.1, 0.15) is 79.4 Å². The van der Waals surface area contributed by atoms with Crippen LogP contribution in [0.25, 0.3) is 0 Å². The van der Waals surface area contributed by atoms with Gasteiger partial charge >= 0.3 is 5.97 Å². The Morgan fingerprint density at radius 1 is 0.788 bits per heavy atom. The zero-order valence-electron chi connectivity index (χ0n) is 28.3. The second-order valence-corrected chi connectivity index (χ2v) is 13.2. The highest BCUT2D eigenvalue weighted by molar-refractivity contribution is 5.76. The first-order valence-electron chi connectivity index (χ1n) is 16.7. The summed E-state index contributed by atoms with van der Waals surface area (Å²) in [6.45, 7) is 0.299. The topological polar surface area (TPSA) is 386 Å². The molecule has 0 radical (unpaired) electrons. The number of hydrogen-bond donors (Lipinski definition) is 14. The van der Waals surface area contributed by atoms with Crippen LogP contribution in [-0.4, -0.2) is 222 Å². The molecule has 0 aromatic rings. The van der Waals surface area contributed by atoms with Gasteiger partial charge in [0.15, 0.2) is 18.9 Å². The van der Waals surface area contributed by atoms with Crippen LogP contribution in [0, 0.1) is 0 Å². The molecular weight excluding hydrogens is 712 g/mol. The molecule has 4 aliphatic heterocycles. The van der Waals surface area contributed by atoms with E-state index in [1.807, 2.05) is 0 Å². The molecule has 0 aromatic heterocycles. The number of nitrogens with two attached hydrogens (primary N) is 2.